The van der Waals surface area contributed by atoms with Gasteiger partial charge in [0.15, 0.2) is 0 Å². The maximum absolute atomic E-state index is 8.86. The third kappa shape index (κ3) is 8.53. The molecule has 0 aliphatic heterocycles. The summed E-state index contributed by atoms with van der Waals surface area (Å²) >= 11 is 0. The molecule has 0 saturated heterocycles. The van der Waals surface area contributed by atoms with Crippen molar-refractivity contribution in [2.75, 3.05) is 6.66 Å². The standard InChI is InChI=1S/C4H15O3PSi/c1-8(5,6)7-9(2,3)4/h5-6,8H,1-4H3. The van der Waals surface area contributed by atoms with Gasteiger partial charge in [-0.15, -0.1) is 0 Å². The zero-order valence-electron chi connectivity index (χ0n) is 6.30. The molecule has 0 atom stereocenters. The monoisotopic (exact) mass is 170 g/mol. The third-order valence-electron chi connectivity index (χ3n) is 0.500. The molecular weight excluding hydrogens is 155 g/mol. The second-order valence-corrected chi connectivity index (χ2v) is 10.1. The van der Waals surface area contributed by atoms with Crippen LogP contribution < -0.4 is 0 Å². The topological polar surface area (TPSA) is 49.7 Å². The molecule has 0 aromatic heterocycles. The molecule has 58 valence electrons. The van der Waals surface area contributed by atoms with Crippen molar-refractivity contribution in [3.63, 3.8) is 0 Å². The molecule has 2 N–H and O–H groups in total. The van der Waals surface area contributed by atoms with Crippen LogP contribution in [0.25, 0.3) is 0 Å². The molecule has 3 nitrogen and oxygen atoms in total. The molecule has 0 spiro atoms. The van der Waals surface area contributed by atoms with E-state index >= 15 is 0 Å². The van der Waals surface area contributed by atoms with Crippen molar-refractivity contribution in [3.8, 4) is 0 Å². The molecule has 9 heavy (non-hydrogen) atoms. The Hall–Kier alpha value is 0.527. The average molecular weight is 170 g/mol. The van der Waals surface area contributed by atoms with Crippen LogP contribution in [0.1, 0.15) is 0 Å². The molecule has 0 saturated carbocycles. The molecule has 0 radical (unpaired) electrons. The molecule has 0 amide bonds. The van der Waals surface area contributed by atoms with E-state index in [4.69, 9.17) is 14.0 Å². The van der Waals surface area contributed by atoms with Crippen molar-refractivity contribution in [2.24, 2.45) is 0 Å². The summed E-state index contributed by atoms with van der Waals surface area (Å²) in [7, 11) is -4.96. The summed E-state index contributed by atoms with van der Waals surface area (Å²) in [4.78, 5) is 17.7. The molecule has 0 aromatic rings. The molecule has 0 heterocycles. The molecule has 0 aliphatic rings. The first kappa shape index (κ1) is 9.53. The van der Waals surface area contributed by atoms with Crippen LogP contribution in [-0.4, -0.2) is 24.8 Å². The van der Waals surface area contributed by atoms with E-state index in [1.165, 1.54) is 6.66 Å². The van der Waals surface area contributed by atoms with Crippen molar-refractivity contribution >= 4 is 16.3 Å². The zero-order chi connectivity index (χ0) is 7.71. The van der Waals surface area contributed by atoms with Crippen molar-refractivity contribution in [2.45, 2.75) is 19.6 Å². The minimum absolute atomic E-state index is 1.35. The molecule has 0 unspecified atom stereocenters. The van der Waals surface area contributed by atoms with Crippen molar-refractivity contribution in [1.82, 2.24) is 0 Å². The van der Waals surface area contributed by atoms with Crippen LogP contribution in [0.2, 0.25) is 19.6 Å². The molecule has 0 aromatic carbocycles. The summed E-state index contributed by atoms with van der Waals surface area (Å²) in [5.74, 6) is 0. The van der Waals surface area contributed by atoms with E-state index in [1.54, 1.807) is 0 Å². The fourth-order valence-electron chi connectivity index (χ4n) is 0.580. The van der Waals surface area contributed by atoms with Crippen LogP contribution in [0.5, 0.6) is 0 Å². The predicted molar refractivity (Wildman–Crippen MR) is 43.1 cm³/mol. The molecule has 5 heteroatoms. The predicted octanol–water partition coefficient (Wildman–Crippen LogP) is 0.947. The van der Waals surface area contributed by atoms with Crippen LogP contribution in [-0.2, 0) is 4.21 Å². The van der Waals surface area contributed by atoms with E-state index in [1.807, 2.05) is 19.6 Å². The normalized spacial score (nSPS) is 15.8. The summed E-state index contributed by atoms with van der Waals surface area (Å²) in [6, 6.07) is 0. The van der Waals surface area contributed by atoms with Gasteiger partial charge in [-0.05, 0) is 0 Å². The molecule has 0 rings (SSSR count). The Morgan fingerprint density at radius 3 is 1.56 bits per heavy atom. The van der Waals surface area contributed by atoms with Gasteiger partial charge < -0.3 is 0 Å². The van der Waals surface area contributed by atoms with Gasteiger partial charge in [0.05, 0.1) is 0 Å². The van der Waals surface area contributed by atoms with E-state index < -0.39 is 16.3 Å². The first-order chi connectivity index (χ1) is 3.71. The fourth-order valence-corrected chi connectivity index (χ4v) is 5.22. The molecule has 0 bridgehead atoms. The van der Waals surface area contributed by atoms with Gasteiger partial charge in [-0.2, -0.15) is 0 Å². The minimum atomic E-state index is -3.23. The number of hydrogen-bond acceptors (Lipinski definition) is 3. The number of hydrogen-bond donors (Lipinski definition) is 2. The van der Waals surface area contributed by atoms with Gasteiger partial charge in [-0.25, -0.2) is 0 Å². The van der Waals surface area contributed by atoms with Crippen LogP contribution >= 0.6 is 7.94 Å². The van der Waals surface area contributed by atoms with E-state index in [9.17, 15) is 0 Å². The Labute approximate surface area is 57.4 Å². The van der Waals surface area contributed by atoms with E-state index in [0.29, 0.717) is 0 Å². The van der Waals surface area contributed by atoms with Crippen molar-refractivity contribution in [1.29, 1.82) is 0 Å². The van der Waals surface area contributed by atoms with Gasteiger partial charge in [-0.1, -0.05) is 0 Å². The molecule has 0 fully saturated rings. The van der Waals surface area contributed by atoms with Gasteiger partial charge in [0, 0.05) is 0 Å². The first-order valence-electron chi connectivity index (χ1n) is 2.86. The third-order valence-corrected chi connectivity index (χ3v) is 4.50. The van der Waals surface area contributed by atoms with Gasteiger partial charge in [0.25, 0.3) is 0 Å². The zero-order valence-corrected chi connectivity index (χ0v) is 8.30. The SMILES string of the molecule is C[Si](C)(C)O[PH](C)(O)O. The number of rotatable bonds is 2. The van der Waals surface area contributed by atoms with Crippen molar-refractivity contribution < 1.29 is 14.0 Å². The van der Waals surface area contributed by atoms with Crippen molar-refractivity contribution in [3.05, 3.63) is 0 Å². The van der Waals surface area contributed by atoms with Crippen LogP contribution in [0.4, 0.5) is 0 Å². The Bertz CT molecular complexity index is 81.0. The van der Waals surface area contributed by atoms with Gasteiger partial charge in [-0.3, -0.25) is 0 Å². The Kier molecular flexibility index (Phi) is 2.79. The van der Waals surface area contributed by atoms with E-state index in [2.05, 4.69) is 0 Å². The second kappa shape index (κ2) is 2.64. The second-order valence-electron chi connectivity index (χ2n) is 3.15. The van der Waals surface area contributed by atoms with Crippen LogP contribution in [0.15, 0.2) is 0 Å². The first-order valence-corrected chi connectivity index (χ1v) is 8.57. The van der Waals surface area contributed by atoms with E-state index in [0.717, 1.165) is 0 Å². The molecular formula is C4H15O3PSi. The fraction of sp³-hybridized carbons (Fsp3) is 1.00. The Morgan fingerprint density at radius 1 is 1.22 bits per heavy atom. The summed E-state index contributed by atoms with van der Waals surface area (Å²) in [5.41, 5.74) is 0. The summed E-state index contributed by atoms with van der Waals surface area (Å²) in [6.45, 7) is 7.12. The summed E-state index contributed by atoms with van der Waals surface area (Å²) in [5, 5.41) is 0. The summed E-state index contributed by atoms with van der Waals surface area (Å²) in [6.07, 6.45) is 0. The van der Waals surface area contributed by atoms with Gasteiger partial charge >= 0.3 is 56.6 Å². The van der Waals surface area contributed by atoms with Gasteiger partial charge in [0.1, 0.15) is 0 Å². The quantitative estimate of drug-likeness (QED) is 0.479. The average Bonchev–Trinajstić information content (AvgIpc) is 1.14. The Morgan fingerprint density at radius 2 is 1.56 bits per heavy atom. The van der Waals surface area contributed by atoms with Crippen LogP contribution in [0, 0.1) is 0 Å². The van der Waals surface area contributed by atoms with E-state index in [-0.39, 0.29) is 0 Å². The maximum atomic E-state index is 8.86. The van der Waals surface area contributed by atoms with Gasteiger partial charge in [0.2, 0.25) is 0 Å². The Balaban J connectivity index is 3.75. The van der Waals surface area contributed by atoms with Crippen LogP contribution in [0.3, 0.4) is 0 Å². The molecule has 0 aliphatic carbocycles. The summed E-state index contributed by atoms with van der Waals surface area (Å²) < 4.78 is 5.01.